The SMILES string of the molecule is N#Cc1cccc(CSc2nnc(-c3nn(Cc4ccccc4)c(=O)c4ccccc34)o2)c1. The number of fused-ring (bicyclic) bond motifs is 1. The molecular weight excluding hydrogens is 434 g/mol. The molecule has 0 saturated carbocycles. The molecule has 5 aromatic rings. The lowest BCUT2D eigenvalue weighted by Gasteiger charge is -2.09. The Kier molecular flexibility index (Phi) is 5.70. The molecule has 0 aliphatic carbocycles. The van der Waals surface area contributed by atoms with E-state index in [4.69, 9.17) is 9.68 Å². The largest absolute Gasteiger partial charge is 0.409 e. The van der Waals surface area contributed by atoms with Crippen LogP contribution in [-0.4, -0.2) is 20.0 Å². The summed E-state index contributed by atoms with van der Waals surface area (Å²) in [5.74, 6) is 0.833. The van der Waals surface area contributed by atoms with Gasteiger partial charge in [0.1, 0.15) is 0 Å². The fraction of sp³-hybridized carbons (Fsp3) is 0.0800. The van der Waals surface area contributed by atoms with Crippen LogP contribution in [0, 0.1) is 11.3 Å². The Labute approximate surface area is 193 Å². The second-order valence-corrected chi connectivity index (χ2v) is 8.24. The fourth-order valence-corrected chi connectivity index (χ4v) is 4.20. The number of thioether (sulfide) groups is 1. The number of nitrogens with zero attached hydrogens (tertiary/aromatic N) is 5. The average molecular weight is 452 g/mol. The van der Waals surface area contributed by atoms with Crippen LogP contribution in [-0.2, 0) is 12.3 Å². The molecule has 7 nitrogen and oxygen atoms in total. The van der Waals surface area contributed by atoms with Crippen LogP contribution in [0.4, 0.5) is 0 Å². The zero-order valence-electron chi connectivity index (χ0n) is 17.4. The molecule has 0 atom stereocenters. The maximum atomic E-state index is 13.0. The zero-order valence-corrected chi connectivity index (χ0v) is 18.2. The van der Waals surface area contributed by atoms with Gasteiger partial charge in [0, 0.05) is 11.1 Å². The molecule has 2 heterocycles. The third-order valence-electron chi connectivity index (χ3n) is 5.07. The van der Waals surface area contributed by atoms with Gasteiger partial charge in [-0.15, -0.1) is 10.2 Å². The average Bonchev–Trinajstić information content (AvgIpc) is 3.34. The van der Waals surface area contributed by atoms with E-state index in [1.807, 2.05) is 66.7 Å². The van der Waals surface area contributed by atoms with Gasteiger partial charge < -0.3 is 4.42 Å². The van der Waals surface area contributed by atoms with Crippen molar-refractivity contribution in [3.8, 4) is 17.7 Å². The van der Waals surface area contributed by atoms with E-state index in [9.17, 15) is 4.79 Å². The highest BCUT2D eigenvalue weighted by Gasteiger charge is 2.18. The molecule has 2 aromatic heterocycles. The summed E-state index contributed by atoms with van der Waals surface area (Å²) >= 11 is 1.38. The third-order valence-corrected chi connectivity index (χ3v) is 5.96. The van der Waals surface area contributed by atoms with Crippen molar-refractivity contribution in [2.75, 3.05) is 0 Å². The summed E-state index contributed by atoms with van der Waals surface area (Å²) in [6.45, 7) is 0.336. The van der Waals surface area contributed by atoms with Gasteiger partial charge in [-0.1, -0.05) is 72.4 Å². The standard InChI is InChI=1S/C25H17N5O2S/c26-14-18-9-6-10-19(13-18)16-33-25-28-27-23(32-25)22-20-11-4-5-12-21(20)24(31)30(29-22)15-17-7-2-1-3-8-17/h1-13H,15-16H2. The predicted octanol–water partition coefficient (Wildman–Crippen LogP) is 4.66. The normalized spacial score (nSPS) is 10.9. The van der Waals surface area contributed by atoms with Gasteiger partial charge in [0.05, 0.1) is 23.6 Å². The summed E-state index contributed by atoms with van der Waals surface area (Å²) < 4.78 is 7.33. The monoisotopic (exact) mass is 451 g/mol. The van der Waals surface area contributed by atoms with Gasteiger partial charge in [-0.3, -0.25) is 4.79 Å². The highest BCUT2D eigenvalue weighted by molar-refractivity contribution is 7.98. The molecule has 0 fully saturated rings. The van der Waals surface area contributed by atoms with Crippen molar-refractivity contribution < 1.29 is 4.42 Å². The van der Waals surface area contributed by atoms with Gasteiger partial charge >= 0.3 is 0 Å². The first-order chi connectivity index (χ1) is 16.2. The molecule has 0 unspecified atom stereocenters. The van der Waals surface area contributed by atoms with E-state index in [-0.39, 0.29) is 11.4 Å². The topological polar surface area (TPSA) is 97.6 Å². The minimum absolute atomic E-state index is 0.176. The van der Waals surface area contributed by atoms with Gasteiger partial charge in [-0.2, -0.15) is 10.4 Å². The molecule has 0 amide bonds. The van der Waals surface area contributed by atoms with Gasteiger partial charge in [-0.25, -0.2) is 4.68 Å². The van der Waals surface area contributed by atoms with Gasteiger partial charge in [0.15, 0.2) is 5.69 Å². The van der Waals surface area contributed by atoms with Crippen molar-refractivity contribution in [2.24, 2.45) is 0 Å². The Bertz CT molecular complexity index is 1540. The molecule has 0 spiro atoms. The number of nitriles is 1. The van der Waals surface area contributed by atoms with Gasteiger partial charge in [0.2, 0.25) is 0 Å². The van der Waals surface area contributed by atoms with E-state index in [1.54, 1.807) is 12.1 Å². The Morgan fingerprint density at radius 1 is 0.909 bits per heavy atom. The maximum Gasteiger partial charge on any atom is 0.277 e. The molecule has 8 heteroatoms. The number of aromatic nitrogens is 4. The molecule has 0 saturated heterocycles. The number of rotatable bonds is 6. The summed E-state index contributed by atoms with van der Waals surface area (Å²) in [5.41, 5.74) is 2.85. The molecule has 160 valence electrons. The van der Waals surface area contributed by atoms with Crippen LogP contribution < -0.4 is 5.56 Å². The molecular formula is C25H17N5O2S. The summed E-state index contributed by atoms with van der Waals surface area (Å²) in [7, 11) is 0. The van der Waals surface area contributed by atoms with E-state index in [1.165, 1.54) is 16.4 Å². The molecule has 3 aromatic carbocycles. The van der Waals surface area contributed by atoms with Crippen molar-refractivity contribution in [3.63, 3.8) is 0 Å². The van der Waals surface area contributed by atoms with Crippen LogP contribution >= 0.6 is 11.8 Å². The van der Waals surface area contributed by atoms with Crippen molar-refractivity contribution in [1.82, 2.24) is 20.0 Å². The molecule has 0 bridgehead atoms. The highest BCUT2D eigenvalue weighted by atomic mass is 32.2. The summed E-state index contributed by atoms with van der Waals surface area (Å²) in [6.07, 6.45) is 0. The van der Waals surface area contributed by atoms with Crippen molar-refractivity contribution in [1.29, 1.82) is 5.26 Å². The number of hydrogen-bond donors (Lipinski definition) is 0. The van der Waals surface area contributed by atoms with Crippen LogP contribution in [0.2, 0.25) is 0 Å². The Morgan fingerprint density at radius 2 is 1.67 bits per heavy atom. The van der Waals surface area contributed by atoms with E-state index in [2.05, 4.69) is 21.4 Å². The Morgan fingerprint density at radius 3 is 2.48 bits per heavy atom. The zero-order chi connectivity index (χ0) is 22.6. The van der Waals surface area contributed by atoms with Gasteiger partial charge in [-0.05, 0) is 29.3 Å². The third kappa shape index (κ3) is 4.40. The van der Waals surface area contributed by atoms with Gasteiger partial charge in [0.25, 0.3) is 16.7 Å². The highest BCUT2D eigenvalue weighted by Crippen LogP contribution is 2.28. The van der Waals surface area contributed by atoms with E-state index in [0.717, 1.165) is 11.1 Å². The summed E-state index contributed by atoms with van der Waals surface area (Å²) in [4.78, 5) is 13.0. The van der Waals surface area contributed by atoms with Crippen LogP contribution in [0.5, 0.6) is 0 Å². The second kappa shape index (κ2) is 9.10. The molecule has 0 aliphatic heterocycles. The molecule has 0 radical (unpaired) electrons. The van der Waals surface area contributed by atoms with E-state index >= 15 is 0 Å². The minimum atomic E-state index is -0.176. The summed E-state index contributed by atoms with van der Waals surface area (Å²) in [5, 5.41) is 23.6. The molecule has 33 heavy (non-hydrogen) atoms. The first-order valence-corrected chi connectivity index (χ1v) is 11.2. The lowest BCUT2D eigenvalue weighted by molar-refractivity contribution is 0.462. The van der Waals surface area contributed by atoms with Crippen LogP contribution in [0.15, 0.2) is 93.3 Å². The lowest BCUT2D eigenvalue weighted by atomic mass is 10.1. The van der Waals surface area contributed by atoms with Crippen LogP contribution in [0.3, 0.4) is 0 Å². The van der Waals surface area contributed by atoms with Crippen molar-refractivity contribution in [3.05, 3.63) is 106 Å². The molecule has 0 N–H and O–H groups in total. The lowest BCUT2D eigenvalue weighted by Crippen LogP contribution is -2.24. The number of benzene rings is 3. The molecule has 5 rings (SSSR count). The first kappa shape index (κ1) is 20.7. The Hall–Kier alpha value is -4.22. The minimum Gasteiger partial charge on any atom is -0.409 e. The smallest absolute Gasteiger partial charge is 0.277 e. The quantitative estimate of drug-likeness (QED) is 0.346. The fourth-order valence-electron chi connectivity index (χ4n) is 3.50. The number of hydrogen-bond acceptors (Lipinski definition) is 7. The van der Waals surface area contributed by atoms with Crippen LogP contribution in [0.1, 0.15) is 16.7 Å². The van der Waals surface area contributed by atoms with Crippen molar-refractivity contribution >= 4 is 22.5 Å². The predicted molar refractivity (Wildman–Crippen MR) is 126 cm³/mol. The Balaban J connectivity index is 1.48. The van der Waals surface area contributed by atoms with Crippen LogP contribution in [0.25, 0.3) is 22.4 Å². The van der Waals surface area contributed by atoms with E-state index in [0.29, 0.717) is 39.6 Å². The first-order valence-electron chi connectivity index (χ1n) is 10.2. The van der Waals surface area contributed by atoms with E-state index < -0.39 is 0 Å². The second-order valence-electron chi connectivity index (χ2n) is 7.32. The summed E-state index contributed by atoms with van der Waals surface area (Å²) in [6, 6.07) is 26.5. The maximum absolute atomic E-state index is 13.0. The van der Waals surface area contributed by atoms with Crippen molar-refractivity contribution in [2.45, 2.75) is 17.5 Å². The molecule has 0 aliphatic rings.